The quantitative estimate of drug-likeness (QED) is 0.864. The van der Waals surface area contributed by atoms with E-state index in [4.69, 9.17) is 4.74 Å². The van der Waals surface area contributed by atoms with Crippen molar-refractivity contribution >= 4 is 0 Å². The van der Waals surface area contributed by atoms with Crippen LogP contribution >= 0.6 is 0 Å². The predicted molar refractivity (Wildman–Crippen MR) is 81.8 cm³/mol. The zero-order valence-corrected chi connectivity index (χ0v) is 12.3. The number of hydrogen-bond acceptors (Lipinski definition) is 3. The molecule has 0 amide bonds. The monoisotopic (exact) mass is 270 g/mol. The van der Waals surface area contributed by atoms with Crippen molar-refractivity contribution < 1.29 is 4.74 Å². The highest BCUT2D eigenvalue weighted by atomic mass is 16.5. The minimum atomic E-state index is 0.269. The van der Waals surface area contributed by atoms with Gasteiger partial charge >= 0.3 is 0 Å². The Kier molecular flexibility index (Phi) is 5.13. The Morgan fingerprint density at radius 2 is 1.75 bits per heavy atom. The van der Waals surface area contributed by atoms with Crippen molar-refractivity contribution in [2.75, 3.05) is 6.61 Å². The molecule has 0 aliphatic heterocycles. The molecule has 1 heterocycles. The van der Waals surface area contributed by atoms with Crippen LogP contribution in [0.1, 0.15) is 44.0 Å². The summed E-state index contributed by atoms with van der Waals surface area (Å²) in [7, 11) is 0. The first-order valence-corrected chi connectivity index (χ1v) is 7.09. The summed E-state index contributed by atoms with van der Waals surface area (Å²) >= 11 is 0. The number of nitrogens with zero attached hydrogens (tertiary/aromatic N) is 1. The standard InChI is InChI=1S/C17H22N2O/c1-4-20-17-9-7-15(8-10-17)13(2)19-14(3)16-6-5-11-18-12-16/h5-14,19H,4H2,1-3H3/t13?,14-/m0/s1. The Morgan fingerprint density at radius 3 is 2.35 bits per heavy atom. The summed E-state index contributed by atoms with van der Waals surface area (Å²) in [6.45, 7) is 7.02. The summed E-state index contributed by atoms with van der Waals surface area (Å²) in [5.41, 5.74) is 2.45. The molecule has 1 unspecified atom stereocenters. The fourth-order valence-electron chi connectivity index (χ4n) is 2.22. The van der Waals surface area contributed by atoms with Crippen molar-refractivity contribution in [3.05, 3.63) is 59.9 Å². The van der Waals surface area contributed by atoms with E-state index in [-0.39, 0.29) is 12.1 Å². The Balaban J connectivity index is 1.99. The van der Waals surface area contributed by atoms with E-state index in [0.717, 1.165) is 5.75 Å². The molecule has 106 valence electrons. The average molecular weight is 270 g/mol. The highest BCUT2D eigenvalue weighted by Gasteiger charge is 2.11. The van der Waals surface area contributed by atoms with Gasteiger partial charge in [0.05, 0.1) is 6.61 Å². The molecule has 2 aromatic rings. The van der Waals surface area contributed by atoms with E-state index in [2.05, 4.69) is 42.3 Å². The topological polar surface area (TPSA) is 34.1 Å². The SMILES string of the molecule is CCOc1ccc(C(C)N[C@@H](C)c2cccnc2)cc1. The lowest BCUT2D eigenvalue weighted by molar-refractivity contribution is 0.340. The molecule has 0 fully saturated rings. The van der Waals surface area contributed by atoms with Crippen molar-refractivity contribution in [2.45, 2.75) is 32.9 Å². The van der Waals surface area contributed by atoms with Crippen LogP contribution in [0.25, 0.3) is 0 Å². The zero-order chi connectivity index (χ0) is 14.4. The van der Waals surface area contributed by atoms with Crippen molar-refractivity contribution in [1.29, 1.82) is 0 Å². The van der Waals surface area contributed by atoms with Gasteiger partial charge in [-0.2, -0.15) is 0 Å². The van der Waals surface area contributed by atoms with Gasteiger partial charge in [0.1, 0.15) is 5.75 Å². The molecule has 0 spiro atoms. The van der Waals surface area contributed by atoms with Crippen LogP contribution in [0.4, 0.5) is 0 Å². The molecule has 3 nitrogen and oxygen atoms in total. The summed E-state index contributed by atoms with van der Waals surface area (Å²) in [4.78, 5) is 4.16. The second-order valence-electron chi connectivity index (χ2n) is 4.90. The van der Waals surface area contributed by atoms with E-state index < -0.39 is 0 Å². The Hall–Kier alpha value is -1.87. The van der Waals surface area contributed by atoms with Crippen LogP contribution in [-0.2, 0) is 0 Å². The zero-order valence-electron chi connectivity index (χ0n) is 12.3. The predicted octanol–water partition coefficient (Wildman–Crippen LogP) is 3.89. The second-order valence-corrected chi connectivity index (χ2v) is 4.90. The average Bonchev–Trinajstić information content (AvgIpc) is 2.49. The normalized spacial score (nSPS) is 13.8. The summed E-state index contributed by atoms with van der Waals surface area (Å²) < 4.78 is 5.46. The molecule has 1 aromatic heterocycles. The van der Waals surface area contributed by atoms with Crippen molar-refractivity contribution in [3.8, 4) is 5.75 Å². The second kappa shape index (κ2) is 7.06. The summed E-state index contributed by atoms with van der Waals surface area (Å²) in [6.07, 6.45) is 3.70. The molecule has 0 radical (unpaired) electrons. The number of nitrogens with one attached hydrogen (secondary N) is 1. The first-order chi connectivity index (χ1) is 9.70. The lowest BCUT2D eigenvalue weighted by Gasteiger charge is -2.20. The first kappa shape index (κ1) is 14.5. The molecular formula is C17H22N2O. The molecule has 0 saturated carbocycles. The minimum Gasteiger partial charge on any atom is -0.494 e. The number of benzene rings is 1. The third kappa shape index (κ3) is 3.81. The third-order valence-corrected chi connectivity index (χ3v) is 3.38. The van der Waals surface area contributed by atoms with Crippen molar-refractivity contribution in [1.82, 2.24) is 10.3 Å². The van der Waals surface area contributed by atoms with E-state index in [9.17, 15) is 0 Å². The molecule has 1 N–H and O–H groups in total. The van der Waals surface area contributed by atoms with Crippen LogP contribution in [0.2, 0.25) is 0 Å². The Labute approximate surface area is 121 Å². The van der Waals surface area contributed by atoms with Crippen molar-refractivity contribution in [2.24, 2.45) is 0 Å². The summed E-state index contributed by atoms with van der Waals surface area (Å²) in [5.74, 6) is 0.920. The maximum Gasteiger partial charge on any atom is 0.119 e. The summed E-state index contributed by atoms with van der Waals surface area (Å²) in [6, 6.07) is 12.9. The van der Waals surface area contributed by atoms with E-state index >= 15 is 0 Å². The molecule has 0 bridgehead atoms. The molecule has 0 saturated heterocycles. The summed E-state index contributed by atoms with van der Waals surface area (Å²) in [5, 5.41) is 3.58. The fourth-order valence-corrected chi connectivity index (χ4v) is 2.22. The van der Waals surface area contributed by atoms with E-state index in [1.807, 2.05) is 31.3 Å². The Morgan fingerprint density at radius 1 is 1.05 bits per heavy atom. The minimum absolute atomic E-state index is 0.269. The molecule has 2 atom stereocenters. The van der Waals surface area contributed by atoms with Gasteiger partial charge in [-0.15, -0.1) is 0 Å². The smallest absolute Gasteiger partial charge is 0.119 e. The number of rotatable bonds is 6. The highest BCUT2D eigenvalue weighted by molar-refractivity contribution is 5.29. The van der Waals surface area contributed by atoms with Gasteiger partial charge in [0.2, 0.25) is 0 Å². The van der Waals surface area contributed by atoms with Crippen LogP contribution in [-0.4, -0.2) is 11.6 Å². The fraction of sp³-hybridized carbons (Fsp3) is 0.353. The van der Waals surface area contributed by atoms with Crippen molar-refractivity contribution in [3.63, 3.8) is 0 Å². The van der Waals surface area contributed by atoms with E-state index in [0.29, 0.717) is 6.61 Å². The molecule has 20 heavy (non-hydrogen) atoms. The van der Waals surface area contributed by atoms with Gasteiger partial charge in [-0.25, -0.2) is 0 Å². The van der Waals surface area contributed by atoms with Crippen LogP contribution in [0.15, 0.2) is 48.8 Å². The lowest BCUT2D eigenvalue weighted by Crippen LogP contribution is -2.22. The van der Waals surface area contributed by atoms with Gasteiger partial charge in [-0.3, -0.25) is 4.98 Å². The van der Waals surface area contributed by atoms with Gasteiger partial charge in [0.25, 0.3) is 0 Å². The molecule has 3 heteroatoms. The third-order valence-electron chi connectivity index (χ3n) is 3.38. The number of aromatic nitrogens is 1. The first-order valence-electron chi connectivity index (χ1n) is 7.09. The maximum atomic E-state index is 5.46. The van der Waals surface area contributed by atoms with Gasteiger partial charge in [0, 0.05) is 24.5 Å². The number of ether oxygens (including phenoxy) is 1. The van der Waals surface area contributed by atoms with Crippen LogP contribution in [0.3, 0.4) is 0 Å². The molecule has 0 aliphatic carbocycles. The van der Waals surface area contributed by atoms with Gasteiger partial charge in [0.15, 0.2) is 0 Å². The van der Waals surface area contributed by atoms with Gasteiger partial charge in [-0.05, 0) is 50.1 Å². The molecular weight excluding hydrogens is 248 g/mol. The maximum absolute atomic E-state index is 5.46. The lowest BCUT2D eigenvalue weighted by atomic mass is 10.1. The number of pyridine rings is 1. The molecule has 1 aromatic carbocycles. The molecule has 0 aliphatic rings. The largest absolute Gasteiger partial charge is 0.494 e. The van der Waals surface area contributed by atoms with E-state index in [1.54, 1.807) is 6.20 Å². The van der Waals surface area contributed by atoms with Crippen LogP contribution in [0, 0.1) is 0 Å². The number of hydrogen-bond donors (Lipinski definition) is 1. The highest BCUT2D eigenvalue weighted by Crippen LogP contribution is 2.21. The van der Waals surface area contributed by atoms with Crippen LogP contribution < -0.4 is 10.1 Å². The van der Waals surface area contributed by atoms with Gasteiger partial charge < -0.3 is 10.1 Å². The van der Waals surface area contributed by atoms with E-state index in [1.165, 1.54) is 11.1 Å². The van der Waals surface area contributed by atoms with Crippen LogP contribution in [0.5, 0.6) is 5.75 Å². The molecule has 2 rings (SSSR count). The Bertz CT molecular complexity index is 510. The van der Waals surface area contributed by atoms with Gasteiger partial charge in [-0.1, -0.05) is 18.2 Å².